The number of hydroxylamine groups is 2. The van der Waals surface area contributed by atoms with Crippen LogP contribution in [0.3, 0.4) is 0 Å². The van der Waals surface area contributed by atoms with Crippen LogP contribution in [0.25, 0.3) is 22.3 Å². The van der Waals surface area contributed by atoms with Gasteiger partial charge in [0.15, 0.2) is 0 Å². The molecule has 58 heavy (non-hydrogen) atoms. The molecule has 0 spiro atoms. The van der Waals surface area contributed by atoms with Crippen molar-refractivity contribution < 1.29 is 38.4 Å². The van der Waals surface area contributed by atoms with Gasteiger partial charge < -0.3 is 26.4 Å². The van der Waals surface area contributed by atoms with Crippen LogP contribution in [-0.4, -0.2) is 74.7 Å². The highest BCUT2D eigenvalue weighted by atomic mass is 16.7. The molecular formula is C44H54N6O8. The highest BCUT2D eigenvalue weighted by Gasteiger charge is 2.23. The Morgan fingerprint density at radius 3 is 1.34 bits per heavy atom. The number of benzene rings is 4. The topological polar surface area (TPSA) is 199 Å². The number of carbonyl (C=O) groups excluding carboxylic acids is 5. The van der Waals surface area contributed by atoms with E-state index in [0.717, 1.165) is 35.1 Å². The number of amides is 5. The molecule has 0 fully saturated rings. The number of nitrogens with two attached hydrogens (primary N) is 1. The third-order valence-electron chi connectivity index (χ3n) is 8.58. The fraction of sp³-hybridized carbons (Fsp3) is 0.295. The van der Waals surface area contributed by atoms with E-state index in [4.69, 9.17) is 20.1 Å². The molecule has 0 heterocycles. The molecule has 0 aliphatic heterocycles. The molecule has 308 valence electrons. The fourth-order valence-corrected chi connectivity index (χ4v) is 5.22. The first-order valence-electron chi connectivity index (χ1n) is 19.1. The van der Waals surface area contributed by atoms with Crippen molar-refractivity contribution in [2.24, 2.45) is 5.73 Å². The van der Waals surface area contributed by atoms with E-state index < -0.39 is 35.9 Å². The van der Waals surface area contributed by atoms with E-state index in [1.165, 1.54) is 17.2 Å². The summed E-state index contributed by atoms with van der Waals surface area (Å²) in [5.41, 5.74) is 17.5. The van der Waals surface area contributed by atoms with Crippen molar-refractivity contribution in [3.05, 3.63) is 132 Å². The lowest BCUT2D eigenvalue weighted by atomic mass is 10.0. The Hall–Kier alpha value is -6.35. The number of ether oxygens (including phenoxy) is 1. The van der Waals surface area contributed by atoms with Crippen LogP contribution in [0.15, 0.2) is 110 Å². The SMILES string of the molecule is C=CCOC(=O)NCC(NC(=O)c1ccc(-c2ccc(CC)cc2)cc1)C(=O)NOCC.CCONC(=O)C(CN)NC(=O)c1ccc(-c2ccc(CC)cc2)cc1. The van der Waals surface area contributed by atoms with Crippen molar-refractivity contribution in [1.29, 1.82) is 0 Å². The molecular weight excluding hydrogens is 741 g/mol. The average Bonchev–Trinajstić information content (AvgIpc) is 3.27. The summed E-state index contributed by atoms with van der Waals surface area (Å²) in [5, 5.41) is 7.65. The monoisotopic (exact) mass is 794 g/mol. The molecule has 0 aliphatic rings. The van der Waals surface area contributed by atoms with Crippen LogP contribution in [0, 0.1) is 0 Å². The van der Waals surface area contributed by atoms with Crippen LogP contribution in [0.2, 0.25) is 0 Å². The Balaban J connectivity index is 0.000000317. The van der Waals surface area contributed by atoms with Gasteiger partial charge in [0.2, 0.25) is 0 Å². The van der Waals surface area contributed by atoms with Crippen molar-refractivity contribution in [3.63, 3.8) is 0 Å². The maximum absolute atomic E-state index is 12.7. The highest BCUT2D eigenvalue weighted by Crippen LogP contribution is 2.22. The molecule has 0 radical (unpaired) electrons. The lowest BCUT2D eigenvalue weighted by Crippen LogP contribution is -2.52. The first kappa shape index (κ1) is 46.0. The fourth-order valence-electron chi connectivity index (χ4n) is 5.22. The van der Waals surface area contributed by atoms with E-state index >= 15 is 0 Å². The standard InChI is InChI=1S/C24H29N3O5.C20H25N3O3/c1-4-15-31-24(30)25-16-21(23(29)27-32-6-3)26-22(28)20-13-11-19(12-14-20)18-9-7-17(5-2)8-10-18;1-3-14-5-7-15(8-6-14)16-9-11-17(12-10-16)19(24)22-18(13-21)20(25)23-26-4-2/h4,7-14,21H,1,5-6,15-16H2,2-3H3,(H,25,30)(H,26,28)(H,27,29);5-12,18H,3-4,13,21H2,1-2H3,(H,22,24)(H,23,25). The number of alkyl carbamates (subject to hydrolysis) is 1. The second kappa shape index (κ2) is 25.0. The van der Waals surface area contributed by atoms with Crippen LogP contribution in [0.1, 0.15) is 59.5 Å². The van der Waals surface area contributed by atoms with E-state index in [1.54, 1.807) is 38.1 Å². The van der Waals surface area contributed by atoms with E-state index in [-0.39, 0.29) is 32.2 Å². The predicted octanol–water partition coefficient (Wildman–Crippen LogP) is 5.04. The summed E-state index contributed by atoms with van der Waals surface area (Å²) >= 11 is 0. The Kier molecular flexibility index (Phi) is 19.9. The first-order chi connectivity index (χ1) is 28.1. The largest absolute Gasteiger partial charge is 0.445 e. The van der Waals surface area contributed by atoms with Gasteiger partial charge in [0.25, 0.3) is 23.6 Å². The zero-order valence-corrected chi connectivity index (χ0v) is 33.5. The van der Waals surface area contributed by atoms with Gasteiger partial charge in [-0.05, 0) is 84.3 Å². The van der Waals surface area contributed by atoms with Crippen LogP contribution < -0.4 is 32.6 Å². The number of rotatable bonds is 19. The zero-order valence-electron chi connectivity index (χ0n) is 33.5. The van der Waals surface area contributed by atoms with Crippen molar-refractivity contribution >= 4 is 29.7 Å². The van der Waals surface area contributed by atoms with E-state index in [2.05, 4.69) is 83.7 Å². The van der Waals surface area contributed by atoms with Crippen LogP contribution in [0.5, 0.6) is 0 Å². The van der Waals surface area contributed by atoms with Crippen LogP contribution in [-0.2, 0) is 36.8 Å². The summed E-state index contributed by atoms with van der Waals surface area (Å²) in [6.45, 7) is 11.5. The summed E-state index contributed by atoms with van der Waals surface area (Å²) in [5.74, 6) is -1.90. The van der Waals surface area contributed by atoms with E-state index in [0.29, 0.717) is 17.7 Å². The normalized spacial score (nSPS) is 11.4. The molecule has 0 saturated carbocycles. The molecule has 0 aliphatic carbocycles. The first-order valence-corrected chi connectivity index (χ1v) is 19.1. The summed E-state index contributed by atoms with van der Waals surface area (Å²) in [7, 11) is 0. The van der Waals surface area contributed by atoms with Gasteiger partial charge in [-0.25, -0.2) is 15.8 Å². The summed E-state index contributed by atoms with van der Waals surface area (Å²) in [4.78, 5) is 70.6. The van der Waals surface area contributed by atoms with Gasteiger partial charge in [0.1, 0.15) is 18.7 Å². The second-order valence-electron chi connectivity index (χ2n) is 12.6. The predicted molar refractivity (Wildman–Crippen MR) is 223 cm³/mol. The minimum atomic E-state index is -1.06. The zero-order chi connectivity index (χ0) is 42.3. The molecule has 14 heteroatoms. The molecule has 0 saturated heterocycles. The van der Waals surface area contributed by atoms with Gasteiger partial charge in [-0.1, -0.05) is 99.3 Å². The molecule has 2 unspecified atom stereocenters. The number of carbonyl (C=O) groups is 5. The maximum atomic E-state index is 12.7. The molecule has 7 N–H and O–H groups in total. The van der Waals surface area contributed by atoms with Crippen molar-refractivity contribution in [2.75, 3.05) is 32.9 Å². The molecule has 4 aromatic carbocycles. The third-order valence-corrected chi connectivity index (χ3v) is 8.58. The molecule has 0 aromatic heterocycles. The number of hydrogen-bond donors (Lipinski definition) is 6. The molecule has 14 nitrogen and oxygen atoms in total. The minimum absolute atomic E-state index is 0.0213. The van der Waals surface area contributed by atoms with Gasteiger partial charge in [0.05, 0.1) is 19.8 Å². The highest BCUT2D eigenvalue weighted by molar-refractivity contribution is 5.98. The smallest absolute Gasteiger partial charge is 0.407 e. The Morgan fingerprint density at radius 2 is 0.983 bits per heavy atom. The van der Waals surface area contributed by atoms with Crippen molar-refractivity contribution in [2.45, 2.75) is 52.6 Å². The lowest BCUT2D eigenvalue weighted by Gasteiger charge is -2.18. The second-order valence-corrected chi connectivity index (χ2v) is 12.6. The summed E-state index contributed by atoms with van der Waals surface area (Å²) < 4.78 is 4.82. The quantitative estimate of drug-likeness (QED) is 0.0557. The molecule has 2 atom stereocenters. The Bertz CT molecular complexity index is 1920. The molecule has 4 aromatic rings. The Labute approximate surface area is 339 Å². The van der Waals surface area contributed by atoms with Gasteiger partial charge >= 0.3 is 6.09 Å². The lowest BCUT2D eigenvalue weighted by molar-refractivity contribution is -0.135. The van der Waals surface area contributed by atoms with Gasteiger partial charge in [-0.3, -0.25) is 28.9 Å². The average molecular weight is 795 g/mol. The summed E-state index contributed by atoms with van der Waals surface area (Å²) in [6, 6.07) is 28.9. The number of nitrogens with one attached hydrogen (secondary N) is 5. The van der Waals surface area contributed by atoms with E-state index in [9.17, 15) is 24.0 Å². The Morgan fingerprint density at radius 1 is 0.603 bits per heavy atom. The summed E-state index contributed by atoms with van der Waals surface area (Å²) in [6.07, 6.45) is 2.66. The maximum Gasteiger partial charge on any atom is 0.407 e. The van der Waals surface area contributed by atoms with Gasteiger partial charge in [-0.2, -0.15) is 0 Å². The molecule has 4 rings (SSSR count). The van der Waals surface area contributed by atoms with Crippen molar-refractivity contribution in [3.8, 4) is 22.3 Å². The number of aryl methyl sites for hydroxylation is 2. The minimum Gasteiger partial charge on any atom is -0.445 e. The van der Waals surface area contributed by atoms with Crippen LogP contribution >= 0.6 is 0 Å². The van der Waals surface area contributed by atoms with Gasteiger partial charge in [0, 0.05) is 17.7 Å². The van der Waals surface area contributed by atoms with Gasteiger partial charge in [-0.15, -0.1) is 0 Å². The third kappa shape index (κ3) is 15.0. The molecule has 5 amide bonds. The van der Waals surface area contributed by atoms with E-state index in [1.807, 2.05) is 36.4 Å². The van der Waals surface area contributed by atoms with Crippen LogP contribution in [0.4, 0.5) is 4.79 Å². The van der Waals surface area contributed by atoms with Crippen molar-refractivity contribution in [1.82, 2.24) is 26.9 Å². The number of hydrogen-bond acceptors (Lipinski definition) is 9. The molecule has 0 bridgehead atoms.